The van der Waals surface area contributed by atoms with Crippen LogP contribution >= 0.6 is 0 Å². The molecule has 1 aromatic heterocycles. The number of carbonyl (C=O) groups excluding carboxylic acids is 1. The number of aromatic nitrogens is 2. The second kappa shape index (κ2) is 8.92. The van der Waals surface area contributed by atoms with Gasteiger partial charge in [0.1, 0.15) is 12.0 Å². The molecule has 1 saturated heterocycles. The lowest BCUT2D eigenvalue weighted by Gasteiger charge is -2.24. The van der Waals surface area contributed by atoms with Gasteiger partial charge in [-0.15, -0.1) is 0 Å². The molecule has 144 valence electrons. The Morgan fingerprint density at radius 3 is 2.39 bits per heavy atom. The normalized spacial score (nSPS) is 13.0. The van der Waals surface area contributed by atoms with Crippen LogP contribution in [0.3, 0.4) is 0 Å². The number of H-pyrrole nitrogens is 1. The van der Waals surface area contributed by atoms with Crippen molar-refractivity contribution in [2.24, 2.45) is 0 Å². The number of nitro groups is 1. The zero-order chi connectivity index (χ0) is 19.9. The SMILES string of the molecule is CN1CCC1.O=Cc1ccc([N+](=O)[O-])c(Nc2ccc(-c3cn[nH]c3)cc2)c1. The minimum Gasteiger partial charge on any atom is -0.350 e. The first-order valence-corrected chi connectivity index (χ1v) is 8.85. The number of carbonyl (C=O) groups is 1. The van der Waals surface area contributed by atoms with Gasteiger partial charge in [0.2, 0.25) is 0 Å². The molecular weight excluding hydrogens is 358 g/mol. The summed E-state index contributed by atoms with van der Waals surface area (Å²) >= 11 is 0. The number of likely N-dealkylation sites (tertiary alicyclic amines) is 1. The minimum atomic E-state index is -0.489. The Kier molecular flexibility index (Phi) is 6.13. The molecule has 0 bridgehead atoms. The fourth-order valence-electron chi connectivity index (χ4n) is 2.67. The van der Waals surface area contributed by atoms with Crippen LogP contribution in [-0.4, -0.2) is 46.4 Å². The van der Waals surface area contributed by atoms with Crippen molar-refractivity contribution >= 4 is 23.3 Å². The lowest BCUT2D eigenvalue weighted by Crippen LogP contribution is -2.32. The second-order valence-corrected chi connectivity index (χ2v) is 6.50. The van der Waals surface area contributed by atoms with Gasteiger partial charge >= 0.3 is 0 Å². The van der Waals surface area contributed by atoms with E-state index in [4.69, 9.17) is 0 Å². The molecule has 8 heteroatoms. The van der Waals surface area contributed by atoms with E-state index in [2.05, 4.69) is 27.5 Å². The van der Waals surface area contributed by atoms with Crippen LogP contribution in [0.4, 0.5) is 17.1 Å². The molecule has 3 aromatic rings. The van der Waals surface area contributed by atoms with Gasteiger partial charge in [-0.1, -0.05) is 12.1 Å². The maximum Gasteiger partial charge on any atom is 0.292 e. The Balaban J connectivity index is 0.000000391. The molecule has 0 amide bonds. The second-order valence-electron chi connectivity index (χ2n) is 6.50. The Morgan fingerprint density at radius 2 is 1.89 bits per heavy atom. The van der Waals surface area contributed by atoms with Crippen molar-refractivity contribution < 1.29 is 9.72 Å². The average Bonchev–Trinajstić information content (AvgIpc) is 3.22. The summed E-state index contributed by atoms with van der Waals surface area (Å²) in [6, 6.07) is 11.5. The molecule has 4 rings (SSSR count). The Hall–Kier alpha value is -3.52. The van der Waals surface area contributed by atoms with E-state index in [0.717, 1.165) is 11.1 Å². The van der Waals surface area contributed by atoms with Gasteiger partial charge in [0.05, 0.1) is 11.1 Å². The number of aromatic amines is 1. The first-order valence-electron chi connectivity index (χ1n) is 8.85. The highest BCUT2D eigenvalue weighted by Crippen LogP contribution is 2.29. The van der Waals surface area contributed by atoms with Crippen LogP contribution in [0.1, 0.15) is 16.8 Å². The van der Waals surface area contributed by atoms with Crippen LogP contribution in [-0.2, 0) is 0 Å². The summed E-state index contributed by atoms with van der Waals surface area (Å²) in [5.74, 6) is 0. The highest BCUT2D eigenvalue weighted by atomic mass is 16.6. The third kappa shape index (κ3) is 4.80. The summed E-state index contributed by atoms with van der Waals surface area (Å²) < 4.78 is 0. The predicted molar refractivity (Wildman–Crippen MR) is 108 cm³/mol. The number of benzene rings is 2. The molecule has 0 atom stereocenters. The summed E-state index contributed by atoms with van der Waals surface area (Å²) in [6.45, 7) is 2.64. The number of nitro benzene ring substituents is 1. The molecule has 2 aromatic carbocycles. The molecule has 1 aliphatic rings. The van der Waals surface area contributed by atoms with E-state index in [-0.39, 0.29) is 11.4 Å². The molecule has 1 fully saturated rings. The van der Waals surface area contributed by atoms with Gasteiger partial charge in [-0.05, 0) is 56.4 Å². The van der Waals surface area contributed by atoms with E-state index in [1.54, 1.807) is 24.5 Å². The number of nitrogens with one attached hydrogen (secondary N) is 2. The number of rotatable bonds is 5. The average molecular weight is 379 g/mol. The molecular formula is C20H21N5O3. The fraction of sp³-hybridized carbons (Fsp3) is 0.200. The van der Waals surface area contributed by atoms with Crippen molar-refractivity contribution in [2.45, 2.75) is 6.42 Å². The lowest BCUT2D eigenvalue weighted by atomic mass is 10.1. The minimum absolute atomic E-state index is 0.0884. The summed E-state index contributed by atoms with van der Waals surface area (Å²) in [6.07, 6.45) is 5.55. The van der Waals surface area contributed by atoms with Gasteiger partial charge in [0, 0.05) is 29.1 Å². The standard InChI is InChI=1S/C16H12N4O3.C4H9N/c21-10-11-1-6-16(20(22)23)15(7-11)19-14-4-2-12(3-5-14)13-8-17-18-9-13;1-5-3-2-4-5/h1-10,19H,(H,17,18);2-4H2,1H3. The van der Waals surface area contributed by atoms with Gasteiger partial charge in [-0.25, -0.2) is 0 Å². The van der Waals surface area contributed by atoms with Crippen molar-refractivity contribution in [3.8, 4) is 11.1 Å². The summed E-state index contributed by atoms with van der Waals surface area (Å²) in [5.41, 5.74) is 3.16. The van der Waals surface area contributed by atoms with Crippen LogP contribution in [0.2, 0.25) is 0 Å². The molecule has 0 aliphatic carbocycles. The first kappa shape index (κ1) is 19.2. The lowest BCUT2D eigenvalue weighted by molar-refractivity contribution is -0.383. The molecule has 2 heterocycles. The van der Waals surface area contributed by atoms with Gasteiger partial charge in [0.25, 0.3) is 5.69 Å². The molecule has 1 aliphatic heterocycles. The van der Waals surface area contributed by atoms with Gasteiger partial charge in [-0.2, -0.15) is 5.10 Å². The predicted octanol–water partition coefficient (Wildman–Crippen LogP) is 3.86. The van der Waals surface area contributed by atoms with Crippen LogP contribution < -0.4 is 5.32 Å². The van der Waals surface area contributed by atoms with Crippen molar-refractivity contribution in [1.29, 1.82) is 0 Å². The van der Waals surface area contributed by atoms with Gasteiger partial charge < -0.3 is 10.2 Å². The quantitative estimate of drug-likeness (QED) is 0.396. The third-order valence-corrected chi connectivity index (χ3v) is 4.43. The maximum atomic E-state index is 11.1. The number of hydrogen-bond donors (Lipinski definition) is 2. The molecule has 0 spiro atoms. The highest BCUT2D eigenvalue weighted by molar-refractivity contribution is 5.81. The van der Waals surface area contributed by atoms with Crippen LogP contribution in [0.5, 0.6) is 0 Å². The number of hydrogen-bond acceptors (Lipinski definition) is 6. The molecule has 28 heavy (non-hydrogen) atoms. The zero-order valence-corrected chi connectivity index (χ0v) is 15.5. The molecule has 0 saturated carbocycles. The molecule has 8 nitrogen and oxygen atoms in total. The summed E-state index contributed by atoms with van der Waals surface area (Å²) in [4.78, 5) is 23.8. The Morgan fingerprint density at radius 1 is 1.18 bits per heavy atom. The van der Waals surface area contributed by atoms with Crippen molar-refractivity contribution in [1.82, 2.24) is 15.1 Å². The van der Waals surface area contributed by atoms with E-state index in [1.807, 2.05) is 12.1 Å². The largest absolute Gasteiger partial charge is 0.350 e. The monoisotopic (exact) mass is 379 g/mol. The Labute approximate surface area is 162 Å². The highest BCUT2D eigenvalue weighted by Gasteiger charge is 2.14. The fourth-order valence-corrected chi connectivity index (χ4v) is 2.67. The van der Waals surface area contributed by atoms with Crippen molar-refractivity contribution in [2.75, 3.05) is 25.5 Å². The summed E-state index contributed by atoms with van der Waals surface area (Å²) in [7, 11) is 2.14. The number of nitrogens with zero attached hydrogens (tertiary/aromatic N) is 3. The van der Waals surface area contributed by atoms with E-state index in [9.17, 15) is 14.9 Å². The summed E-state index contributed by atoms with van der Waals surface area (Å²) in [5, 5.41) is 20.7. The van der Waals surface area contributed by atoms with Gasteiger partial charge in [-0.3, -0.25) is 20.0 Å². The smallest absolute Gasteiger partial charge is 0.292 e. The van der Waals surface area contributed by atoms with Crippen LogP contribution in [0.15, 0.2) is 54.9 Å². The first-order chi connectivity index (χ1) is 13.6. The maximum absolute atomic E-state index is 11.1. The van der Waals surface area contributed by atoms with E-state index in [0.29, 0.717) is 17.5 Å². The topological polar surface area (TPSA) is 104 Å². The van der Waals surface area contributed by atoms with Crippen LogP contribution in [0, 0.1) is 10.1 Å². The third-order valence-electron chi connectivity index (χ3n) is 4.43. The Bertz CT molecular complexity index is 935. The number of anilines is 2. The zero-order valence-electron chi connectivity index (χ0n) is 15.5. The van der Waals surface area contributed by atoms with E-state index >= 15 is 0 Å². The number of aldehydes is 1. The van der Waals surface area contributed by atoms with E-state index < -0.39 is 4.92 Å². The van der Waals surface area contributed by atoms with Crippen molar-refractivity contribution in [3.63, 3.8) is 0 Å². The van der Waals surface area contributed by atoms with Gasteiger partial charge in [0.15, 0.2) is 0 Å². The molecule has 2 N–H and O–H groups in total. The van der Waals surface area contributed by atoms with Crippen molar-refractivity contribution in [3.05, 3.63) is 70.5 Å². The van der Waals surface area contributed by atoms with E-state index in [1.165, 1.54) is 37.7 Å². The molecule has 0 unspecified atom stereocenters. The molecule has 0 radical (unpaired) electrons. The van der Waals surface area contributed by atoms with Crippen LogP contribution in [0.25, 0.3) is 11.1 Å².